The number of carbonyl (C=O) groups is 1. The van der Waals surface area contributed by atoms with E-state index in [1.807, 2.05) is 31.2 Å². The molecule has 0 aliphatic rings. The first kappa shape index (κ1) is 19.9. The molecule has 3 rings (SSSR count). The number of aromatic nitrogens is 3. The molecule has 10 heteroatoms. The highest BCUT2D eigenvalue weighted by Gasteiger charge is 2.13. The number of hydrogen-bond acceptors (Lipinski definition) is 7. The zero-order chi connectivity index (χ0) is 19.4. The molecule has 0 aliphatic carbocycles. The van der Waals surface area contributed by atoms with Crippen LogP contribution < -0.4 is 10.6 Å². The molecular weight excluding hydrogens is 425 g/mol. The first-order valence-electron chi connectivity index (χ1n) is 7.83. The molecule has 2 aromatic heterocycles. The summed E-state index contributed by atoms with van der Waals surface area (Å²) in [7, 11) is 0. The maximum Gasteiger partial charge on any atom is 0.236 e. The standard InChI is InChI=1S/C17H15Cl2N5OS2/c1-9-4-3-5-11(6-9)21-16-23-24-17(27-16)26-8-13(25)22-15-14(19)10(2)12(18)7-20-15/h3-7H,8H2,1-2H3,(H,21,23)(H,20,22,25). The third-order valence-corrected chi connectivity index (χ3v) is 6.28. The Morgan fingerprint density at radius 1 is 1.26 bits per heavy atom. The van der Waals surface area contributed by atoms with Gasteiger partial charge in [-0.15, -0.1) is 10.2 Å². The Balaban J connectivity index is 1.55. The summed E-state index contributed by atoms with van der Waals surface area (Å²) in [6, 6.07) is 7.97. The normalized spacial score (nSPS) is 10.7. The van der Waals surface area contributed by atoms with Crippen molar-refractivity contribution in [3.63, 3.8) is 0 Å². The number of thioether (sulfide) groups is 1. The molecule has 27 heavy (non-hydrogen) atoms. The van der Waals surface area contributed by atoms with Gasteiger partial charge in [0.05, 0.1) is 15.8 Å². The van der Waals surface area contributed by atoms with Gasteiger partial charge in [0.1, 0.15) is 0 Å². The number of aryl methyl sites for hydroxylation is 1. The van der Waals surface area contributed by atoms with Crippen LogP contribution >= 0.6 is 46.3 Å². The Bertz CT molecular complexity index is 980. The quantitative estimate of drug-likeness (QED) is 0.505. The van der Waals surface area contributed by atoms with E-state index in [0.29, 0.717) is 30.9 Å². The van der Waals surface area contributed by atoms with Gasteiger partial charge in [0.25, 0.3) is 0 Å². The third-order valence-electron chi connectivity index (χ3n) is 3.46. The highest BCUT2D eigenvalue weighted by atomic mass is 35.5. The largest absolute Gasteiger partial charge is 0.330 e. The zero-order valence-electron chi connectivity index (χ0n) is 14.4. The molecule has 0 bridgehead atoms. The molecule has 6 nitrogen and oxygen atoms in total. The number of nitrogens with zero attached hydrogens (tertiary/aromatic N) is 3. The van der Waals surface area contributed by atoms with Crippen LogP contribution in [0, 0.1) is 13.8 Å². The number of pyridine rings is 1. The van der Waals surface area contributed by atoms with E-state index in [9.17, 15) is 4.79 Å². The van der Waals surface area contributed by atoms with Crippen molar-refractivity contribution in [1.82, 2.24) is 15.2 Å². The van der Waals surface area contributed by atoms with Crippen LogP contribution in [0.2, 0.25) is 10.0 Å². The van der Waals surface area contributed by atoms with Gasteiger partial charge in [-0.2, -0.15) is 0 Å². The molecule has 0 saturated heterocycles. The van der Waals surface area contributed by atoms with E-state index < -0.39 is 0 Å². The SMILES string of the molecule is Cc1cccc(Nc2nnc(SCC(=O)Nc3ncc(Cl)c(C)c3Cl)s2)c1. The number of carbonyl (C=O) groups excluding carboxylic acids is 1. The Labute approximate surface area is 174 Å². The van der Waals surface area contributed by atoms with E-state index in [-0.39, 0.29) is 11.7 Å². The lowest BCUT2D eigenvalue weighted by molar-refractivity contribution is -0.113. The summed E-state index contributed by atoms with van der Waals surface area (Å²) in [4.78, 5) is 16.2. The fourth-order valence-electron chi connectivity index (χ4n) is 2.10. The van der Waals surface area contributed by atoms with Crippen molar-refractivity contribution in [3.8, 4) is 0 Å². The average molecular weight is 440 g/mol. The molecule has 2 N–H and O–H groups in total. The lowest BCUT2D eigenvalue weighted by Crippen LogP contribution is -2.15. The first-order valence-corrected chi connectivity index (χ1v) is 10.4. The number of amides is 1. The van der Waals surface area contributed by atoms with Crippen molar-refractivity contribution in [1.29, 1.82) is 0 Å². The molecule has 0 spiro atoms. The summed E-state index contributed by atoms with van der Waals surface area (Å²) in [5.41, 5.74) is 2.77. The second-order valence-corrected chi connectivity index (χ2v) is 8.58. The minimum atomic E-state index is -0.237. The lowest BCUT2D eigenvalue weighted by atomic mass is 10.2. The van der Waals surface area contributed by atoms with Gasteiger partial charge in [0.15, 0.2) is 10.2 Å². The molecule has 2 heterocycles. The minimum absolute atomic E-state index is 0.165. The van der Waals surface area contributed by atoms with Crippen molar-refractivity contribution in [2.45, 2.75) is 18.2 Å². The summed E-state index contributed by atoms with van der Waals surface area (Å²) >= 11 is 14.8. The van der Waals surface area contributed by atoms with Crippen LogP contribution in [0.15, 0.2) is 34.8 Å². The molecule has 0 aliphatic heterocycles. The lowest BCUT2D eigenvalue weighted by Gasteiger charge is -2.08. The minimum Gasteiger partial charge on any atom is -0.330 e. The van der Waals surface area contributed by atoms with Gasteiger partial charge in [-0.3, -0.25) is 4.79 Å². The smallest absolute Gasteiger partial charge is 0.236 e. The van der Waals surface area contributed by atoms with Crippen molar-refractivity contribution in [2.24, 2.45) is 0 Å². The van der Waals surface area contributed by atoms with Crippen LogP contribution in [0.3, 0.4) is 0 Å². The number of benzene rings is 1. The monoisotopic (exact) mass is 439 g/mol. The molecule has 0 unspecified atom stereocenters. The summed E-state index contributed by atoms with van der Waals surface area (Å²) < 4.78 is 0.687. The van der Waals surface area contributed by atoms with Gasteiger partial charge in [0.2, 0.25) is 11.0 Å². The van der Waals surface area contributed by atoms with E-state index in [4.69, 9.17) is 23.2 Å². The number of anilines is 3. The number of halogens is 2. The molecule has 0 fully saturated rings. The third kappa shape index (κ3) is 5.32. The van der Waals surface area contributed by atoms with Crippen LogP contribution in [0.5, 0.6) is 0 Å². The highest BCUT2D eigenvalue weighted by molar-refractivity contribution is 8.01. The zero-order valence-corrected chi connectivity index (χ0v) is 17.6. The van der Waals surface area contributed by atoms with E-state index in [2.05, 4.69) is 25.8 Å². The molecule has 3 aromatic rings. The topological polar surface area (TPSA) is 79.8 Å². The van der Waals surface area contributed by atoms with Gasteiger partial charge in [-0.1, -0.05) is 58.4 Å². The molecular formula is C17H15Cl2N5OS2. The second kappa shape index (κ2) is 8.88. The molecule has 1 aromatic carbocycles. The van der Waals surface area contributed by atoms with Gasteiger partial charge in [-0.05, 0) is 37.1 Å². The van der Waals surface area contributed by atoms with Crippen LogP contribution in [-0.4, -0.2) is 26.8 Å². The predicted octanol–water partition coefficient (Wildman–Crippen LogP) is 5.33. The molecule has 0 saturated carbocycles. The maximum atomic E-state index is 12.1. The molecule has 140 valence electrons. The van der Waals surface area contributed by atoms with Gasteiger partial charge < -0.3 is 10.6 Å². The van der Waals surface area contributed by atoms with Crippen LogP contribution in [-0.2, 0) is 4.79 Å². The van der Waals surface area contributed by atoms with Crippen molar-refractivity contribution in [2.75, 3.05) is 16.4 Å². The van der Waals surface area contributed by atoms with Gasteiger partial charge in [0, 0.05) is 11.9 Å². The summed E-state index contributed by atoms with van der Waals surface area (Å²) in [6.07, 6.45) is 1.46. The summed E-state index contributed by atoms with van der Waals surface area (Å²) in [5.74, 6) is 0.224. The predicted molar refractivity (Wildman–Crippen MR) is 113 cm³/mol. The maximum absolute atomic E-state index is 12.1. The summed E-state index contributed by atoms with van der Waals surface area (Å²) in [5, 5.41) is 15.5. The van der Waals surface area contributed by atoms with Crippen LogP contribution in [0.25, 0.3) is 0 Å². The fourth-order valence-corrected chi connectivity index (χ4v) is 4.07. The summed E-state index contributed by atoms with van der Waals surface area (Å²) in [6.45, 7) is 3.79. The Hall–Kier alpha value is -1.87. The van der Waals surface area contributed by atoms with E-state index in [1.54, 1.807) is 6.92 Å². The van der Waals surface area contributed by atoms with Crippen LogP contribution in [0.1, 0.15) is 11.1 Å². The van der Waals surface area contributed by atoms with E-state index in [1.165, 1.54) is 29.3 Å². The molecule has 1 amide bonds. The van der Waals surface area contributed by atoms with Crippen LogP contribution in [0.4, 0.5) is 16.6 Å². The highest BCUT2D eigenvalue weighted by Crippen LogP contribution is 2.30. The average Bonchev–Trinajstić information content (AvgIpc) is 3.08. The second-order valence-electron chi connectivity index (χ2n) is 5.60. The van der Waals surface area contributed by atoms with Gasteiger partial charge in [-0.25, -0.2) is 4.98 Å². The van der Waals surface area contributed by atoms with E-state index >= 15 is 0 Å². The fraction of sp³-hybridized carbons (Fsp3) is 0.176. The van der Waals surface area contributed by atoms with Gasteiger partial charge >= 0.3 is 0 Å². The number of rotatable bonds is 6. The Kier molecular flexibility index (Phi) is 6.54. The van der Waals surface area contributed by atoms with Crippen molar-refractivity contribution >= 4 is 68.8 Å². The Morgan fingerprint density at radius 3 is 2.85 bits per heavy atom. The number of nitrogens with one attached hydrogen (secondary N) is 2. The molecule has 0 atom stereocenters. The first-order chi connectivity index (χ1) is 12.9. The number of hydrogen-bond donors (Lipinski definition) is 2. The van der Waals surface area contributed by atoms with Crippen molar-refractivity contribution < 1.29 is 4.79 Å². The Morgan fingerprint density at radius 2 is 2.07 bits per heavy atom. The molecule has 0 radical (unpaired) electrons. The van der Waals surface area contributed by atoms with Crippen molar-refractivity contribution in [3.05, 3.63) is 51.6 Å². The van der Waals surface area contributed by atoms with E-state index in [0.717, 1.165) is 11.3 Å².